The summed E-state index contributed by atoms with van der Waals surface area (Å²) in [5, 5.41) is 23.5. The lowest BCUT2D eigenvalue weighted by molar-refractivity contribution is -0.394. The van der Waals surface area contributed by atoms with Gasteiger partial charge in [-0.15, -0.1) is 4.68 Å². The lowest BCUT2D eigenvalue weighted by Gasteiger charge is -2.18. The Balaban J connectivity index is 1.97. The van der Waals surface area contributed by atoms with E-state index in [1.165, 1.54) is 24.3 Å². The summed E-state index contributed by atoms with van der Waals surface area (Å²) in [5.74, 6) is -2.70. The first-order valence-electron chi connectivity index (χ1n) is 8.51. The molecule has 0 aliphatic rings. The molecular formula is C19H9Cl3F3N5O2. The van der Waals surface area contributed by atoms with E-state index in [2.05, 4.69) is 10.1 Å². The highest BCUT2D eigenvalue weighted by Crippen LogP contribution is 2.41. The molecule has 164 valence electrons. The Labute approximate surface area is 193 Å². The number of rotatable bonds is 5. The van der Waals surface area contributed by atoms with Gasteiger partial charge in [0, 0.05) is 5.10 Å². The van der Waals surface area contributed by atoms with Gasteiger partial charge in [0.25, 0.3) is 0 Å². The number of alkyl halides is 3. The van der Waals surface area contributed by atoms with Crippen molar-refractivity contribution in [2.75, 3.05) is 0 Å². The predicted octanol–water partition coefficient (Wildman–Crippen LogP) is 6.37. The summed E-state index contributed by atoms with van der Waals surface area (Å²) in [4.78, 5) is 13.4. The van der Waals surface area contributed by atoms with Crippen LogP contribution >= 0.6 is 34.8 Å². The second-order valence-electron chi connectivity index (χ2n) is 6.31. The van der Waals surface area contributed by atoms with E-state index in [0.29, 0.717) is 0 Å². The second kappa shape index (κ2) is 9.16. The number of nitro groups is 1. The first-order chi connectivity index (χ1) is 15.0. The van der Waals surface area contributed by atoms with Crippen LogP contribution in [0.5, 0.6) is 0 Å². The second-order valence-corrected chi connectivity index (χ2v) is 7.50. The van der Waals surface area contributed by atoms with Crippen molar-refractivity contribution in [3.8, 4) is 11.8 Å². The molecule has 0 bridgehead atoms. The van der Waals surface area contributed by atoms with Crippen LogP contribution in [0.1, 0.15) is 22.6 Å². The van der Waals surface area contributed by atoms with Crippen LogP contribution in [0.2, 0.25) is 15.1 Å². The van der Waals surface area contributed by atoms with Gasteiger partial charge < -0.3 is 10.1 Å². The smallest absolute Gasteiger partial charge is 0.390 e. The normalized spacial score (nSPS) is 12.7. The third kappa shape index (κ3) is 5.02. The highest BCUT2D eigenvalue weighted by Gasteiger charge is 2.39. The van der Waals surface area contributed by atoms with E-state index in [1.54, 1.807) is 0 Å². The SMILES string of the molecule is N#Cc1cc(/C=C/C(c2cc(Cl)c(Cl)c(Cl)c2)C(F)(F)F)ccc1-n1cnc([N+](=O)[O-])n1. The zero-order valence-corrected chi connectivity index (χ0v) is 17.8. The number of nitriles is 1. The molecule has 3 rings (SSSR count). The Bertz CT molecular complexity index is 1240. The molecule has 0 fully saturated rings. The molecule has 1 atom stereocenters. The molecule has 0 aliphatic heterocycles. The minimum atomic E-state index is -4.66. The molecule has 0 spiro atoms. The highest BCUT2D eigenvalue weighted by atomic mass is 35.5. The van der Waals surface area contributed by atoms with Crippen LogP contribution in [0, 0.1) is 21.4 Å². The number of hydrogen-bond acceptors (Lipinski definition) is 5. The molecule has 32 heavy (non-hydrogen) atoms. The Morgan fingerprint density at radius 3 is 2.38 bits per heavy atom. The van der Waals surface area contributed by atoms with Crippen LogP contribution in [0.15, 0.2) is 42.7 Å². The van der Waals surface area contributed by atoms with Crippen molar-refractivity contribution in [1.82, 2.24) is 14.8 Å². The number of halogens is 6. The minimum absolute atomic E-state index is 0.0214. The highest BCUT2D eigenvalue weighted by molar-refractivity contribution is 6.48. The maximum Gasteiger partial charge on any atom is 0.491 e. The summed E-state index contributed by atoms with van der Waals surface area (Å²) >= 11 is 17.6. The van der Waals surface area contributed by atoms with Crippen molar-refractivity contribution in [3.05, 3.63) is 84.6 Å². The minimum Gasteiger partial charge on any atom is -0.390 e. The maximum absolute atomic E-state index is 13.7. The lowest BCUT2D eigenvalue weighted by Crippen LogP contribution is -2.19. The molecule has 2 aromatic carbocycles. The average molecular weight is 503 g/mol. The van der Waals surface area contributed by atoms with Gasteiger partial charge in [0.1, 0.15) is 11.8 Å². The molecule has 0 aliphatic carbocycles. The molecule has 0 amide bonds. The van der Waals surface area contributed by atoms with E-state index in [4.69, 9.17) is 34.8 Å². The van der Waals surface area contributed by atoms with Gasteiger partial charge in [0.2, 0.25) is 6.33 Å². The van der Waals surface area contributed by atoms with E-state index < -0.39 is 23.0 Å². The quantitative estimate of drug-likeness (QED) is 0.229. The van der Waals surface area contributed by atoms with Crippen molar-refractivity contribution in [2.45, 2.75) is 12.1 Å². The van der Waals surface area contributed by atoms with Crippen molar-refractivity contribution < 1.29 is 18.1 Å². The third-order valence-corrected chi connectivity index (χ3v) is 5.43. The number of nitrogens with zero attached hydrogens (tertiary/aromatic N) is 5. The third-order valence-electron chi connectivity index (χ3n) is 4.23. The molecule has 1 unspecified atom stereocenters. The number of benzene rings is 2. The van der Waals surface area contributed by atoms with Gasteiger partial charge in [-0.3, -0.25) is 0 Å². The summed E-state index contributed by atoms with van der Waals surface area (Å²) in [6.07, 6.45) is -1.53. The first kappa shape index (κ1) is 23.5. The van der Waals surface area contributed by atoms with Crippen LogP contribution in [-0.4, -0.2) is 25.9 Å². The number of aromatic nitrogens is 3. The van der Waals surface area contributed by atoms with Crippen LogP contribution in [0.25, 0.3) is 11.8 Å². The van der Waals surface area contributed by atoms with Crippen LogP contribution in [0.4, 0.5) is 19.1 Å². The number of allylic oxidation sites excluding steroid dienone is 1. The molecule has 13 heteroatoms. The Hall–Kier alpha value is -3.13. The summed E-state index contributed by atoms with van der Waals surface area (Å²) in [5.41, 5.74) is 0.266. The van der Waals surface area contributed by atoms with Gasteiger partial charge in [-0.25, -0.2) is 0 Å². The van der Waals surface area contributed by atoms with Gasteiger partial charge in [-0.1, -0.05) is 58.0 Å². The molecule has 0 radical (unpaired) electrons. The molecular weight excluding hydrogens is 494 g/mol. The van der Waals surface area contributed by atoms with Gasteiger partial charge in [0.05, 0.1) is 26.5 Å². The Morgan fingerprint density at radius 2 is 1.84 bits per heavy atom. The van der Waals surface area contributed by atoms with E-state index in [9.17, 15) is 28.5 Å². The molecule has 0 saturated heterocycles. The molecule has 7 nitrogen and oxygen atoms in total. The van der Waals surface area contributed by atoms with Crippen molar-refractivity contribution in [2.24, 2.45) is 0 Å². The van der Waals surface area contributed by atoms with Gasteiger partial charge in [0.15, 0.2) is 0 Å². The van der Waals surface area contributed by atoms with E-state index >= 15 is 0 Å². The summed E-state index contributed by atoms with van der Waals surface area (Å²) in [6.45, 7) is 0. The van der Waals surface area contributed by atoms with Crippen LogP contribution in [-0.2, 0) is 0 Å². The Kier molecular flexibility index (Phi) is 6.74. The monoisotopic (exact) mass is 501 g/mol. The number of hydrogen-bond donors (Lipinski definition) is 0. The topological polar surface area (TPSA) is 97.6 Å². The fraction of sp³-hybridized carbons (Fsp3) is 0.105. The fourth-order valence-electron chi connectivity index (χ4n) is 2.77. The zero-order valence-electron chi connectivity index (χ0n) is 15.5. The summed E-state index contributed by atoms with van der Waals surface area (Å²) < 4.78 is 42.1. The molecule has 0 saturated carbocycles. The van der Waals surface area contributed by atoms with E-state index in [1.807, 2.05) is 6.07 Å². The summed E-state index contributed by atoms with van der Waals surface area (Å²) in [7, 11) is 0. The molecule has 3 aromatic rings. The van der Waals surface area contributed by atoms with Gasteiger partial charge in [-0.05, 0) is 40.3 Å². The zero-order chi connectivity index (χ0) is 23.6. The Morgan fingerprint density at radius 1 is 1.19 bits per heavy atom. The van der Waals surface area contributed by atoms with Crippen LogP contribution in [0.3, 0.4) is 0 Å². The maximum atomic E-state index is 13.7. The standard InChI is InChI=1S/C19H9Cl3F3N5O2/c20-14-6-11(7-15(21)17(14)22)13(19(23,24)25)3-1-10-2-4-16(12(5-10)8-26)29-9-27-18(28-29)30(31)32/h1-7,9,13H/b3-1+. The van der Waals surface area contributed by atoms with E-state index in [0.717, 1.165) is 29.2 Å². The predicted molar refractivity (Wildman–Crippen MR) is 112 cm³/mol. The van der Waals surface area contributed by atoms with Crippen molar-refractivity contribution in [3.63, 3.8) is 0 Å². The molecule has 1 aromatic heterocycles. The van der Waals surface area contributed by atoms with Crippen molar-refractivity contribution in [1.29, 1.82) is 5.26 Å². The first-order valence-corrected chi connectivity index (χ1v) is 9.64. The van der Waals surface area contributed by atoms with Crippen LogP contribution < -0.4 is 0 Å². The van der Waals surface area contributed by atoms with Crippen molar-refractivity contribution >= 4 is 46.8 Å². The molecule has 1 heterocycles. The lowest BCUT2D eigenvalue weighted by atomic mass is 9.96. The fourth-order valence-corrected chi connectivity index (χ4v) is 3.38. The largest absolute Gasteiger partial charge is 0.491 e. The average Bonchev–Trinajstić information content (AvgIpc) is 3.21. The molecule has 0 N–H and O–H groups in total. The summed E-state index contributed by atoms with van der Waals surface area (Å²) in [6, 6.07) is 8.17. The van der Waals surface area contributed by atoms with E-state index in [-0.39, 0.29) is 37.4 Å². The van der Waals surface area contributed by atoms with Gasteiger partial charge in [-0.2, -0.15) is 18.4 Å². The van der Waals surface area contributed by atoms with Gasteiger partial charge >= 0.3 is 12.1 Å².